The predicted molar refractivity (Wildman–Crippen MR) is 64.3 cm³/mol. The summed E-state index contributed by atoms with van der Waals surface area (Å²) in [5.74, 6) is 4.40. The highest BCUT2D eigenvalue weighted by molar-refractivity contribution is 5.85. The molecule has 1 heterocycles. The second kappa shape index (κ2) is 3.37. The molecule has 0 aromatic heterocycles. The summed E-state index contributed by atoms with van der Waals surface area (Å²) < 4.78 is 0. The Morgan fingerprint density at radius 2 is 1.47 bits per heavy atom. The van der Waals surface area contributed by atoms with Gasteiger partial charge in [0.05, 0.1) is 0 Å². The smallest absolute Gasteiger partial charge is 0.0238 e. The first-order valence-corrected chi connectivity index (χ1v) is 6.62. The van der Waals surface area contributed by atoms with Crippen LogP contribution in [0.3, 0.4) is 0 Å². The average molecular weight is 228 g/mol. The van der Waals surface area contributed by atoms with Gasteiger partial charge in [-0.15, -0.1) is 12.4 Å². The first-order chi connectivity index (χ1) is 6.87. The van der Waals surface area contributed by atoms with E-state index in [1.54, 1.807) is 32.1 Å². The Kier molecular flexibility index (Phi) is 2.34. The van der Waals surface area contributed by atoms with Crippen LogP contribution in [0.25, 0.3) is 0 Å². The van der Waals surface area contributed by atoms with Crippen molar-refractivity contribution in [3.8, 4) is 0 Å². The van der Waals surface area contributed by atoms with Crippen LogP contribution in [0.1, 0.15) is 44.9 Å². The molecule has 1 N–H and O–H groups in total. The maximum Gasteiger partial charge on any atom is 0.0238 e. The van der Waals surface area contributed by atoms with Gasteiger partial charge in [0.25, 0.3) is 0 Å². The molecular weight excluding hydrogens is 206 g/mol. The van der Waals surface area contributed by atoms with E-state index < -0.39 is 0 Å². The molecule has 0 aromatic carbocycles. The van der Waals surface area contributed by atoms with Crippen LogP contribution < -0.4 is 5.32 Å². The van der Waals surface area contributed by atoms with E-state index in [1.165, 1.54) is 19.4 Å². The van der Waals surface area contributed by atoms with Crippen LogP contribution in [0.5, 0.6) is 0 Å². The topological polar surface area (TPSA) is 12.0 Å². The maximum absolute atomic E-state index is 3.92. The van der Waals surface area contributed by atoms with Crippen molar-refractivity contribution in [2.45, 2.75) is 50.5 Å². The van der Waals surface area contributed by atoms with Crippen molar-refractivity contribution in [2.24, 2.45) is 23.7 Å². The largest absolute Gasteiger partial charge is 0.311 e. The zero-order valence-electron chi connectivity index (χ0n) is 9.37. The van der Waals surface area contributed by atoms with Crippen molar-refractivity contribution in [2.75, 3.05) is 6.54 Å². The van der Waals surface area contributed by atoms with Crippen LogP contribution in [-0.4, -0.2) is 12.1 Å². The number of hydrogen-bond acceptors (Lipinski definition) is 1. The van der Waals surface area contributed by atoms with Gasteiger partial charge in [-0.3, -0.25) is 0 Å². The summed E-state index contributed by atoms with van der Waals surface area (Å²) in [6, 6.07) is 0. The van der Waals surface area contributed by atoms with Gasteiger partial charge in [-0.1, -0.05) is 0 Å². The van der Waals surface area contributed by atoms with Crippen molar-refractivity contribution in [1.82, 2.24) is 5.32 Å². The van der Waals surface area contributed by atoms with E-state index in [2.05, 4.69) is 5.32 Å². The molecule has 0 aromatic rings. The lowest BCUT2D eigenvalue weighted by atomic mass is 9.48. The molecule has 0 radical (unpaired) electrons. The molecule has 0 atom stereocenters. The fourth-order valence-electron chi connectivity index (χ4n) is 5.51. The molecule has 5 rings (SSSR count). The highest BCUT2D eigenvalue weighted by Gasteiger charge is 2.57. The van der Waals surface area contributed by atoms with Gasteiger partial charge in [0.2, 0.25) is 0 Å². The van der Waals surface area contributed by atoms with Crippen LogP contribution in [0, 0.1) is 23.7 Å². The van der Waals surface area contributed by atoms with Gasteiger partial charge in [-0.25, -0.2) is 0 Å². The van der Waals surface area contributed by atoms with Crippen molar-refractivity contribution in [3.63, 3.8) is 0 Å². The van der Waals surface area contributed by atoms with Gasteiger partial charge in [0.15, 0.2) is 0 Å². The van der Waals surface area contributed by atoms with E-state index >= 15 is 0 Å². The quantitative estimate of drug-likeness (QED) is 0.671. The Hall–Kier alpha value is 0.250. The van der Waals surface area contributed by atoms with E-state index in [-0.39, 0.29) is 12.4 Å². The summed E-state index contributed by atoms with van der Waals surface area (Å²) >= 11 is 0. The standard InChI is InChI=1S/C13H21N.ClH/c1-2-13(14-3-1)11-5-9-4-10(7-11)8-12(13)6-9;/h9-12,14H,1-8H2;1H. The Bertz CT molecular complexity index is 227. The minimum atomic E-state index is 0. The molecule has 5 fully saturated rings. The van der Waals surface area contributed by atoms with E-state index in [4.69, 9.17) is 0 Å². The third-order valence-corrected chi connectivity index (χ3v) is 5.82. The summed E-state index contributed by atoms with van der Waals surface area (Å²) in [6.45, 7) is 1.31. The first kappa shape index (κ1) is 10.4. The lowest BCUT2D eigenvalue weighted by Gasteiger charge is -2.60. The molecule has 4 bridgehead atoms. The summed E-state index contributed by atoms with van der Waals surface area (Å²) in [6.07, 6.45) is 10.8. The summed E-state index contributed by atoms with van der Waals surface area (Å²) in [5.41, 5.74) is 0.646. The van der Waals surface area contributed by atoms with Gasteiger partial charge in [-0.05, 0) is 75.2 Å². The highest BCUT2D eigenvalue weighted by Crippen LogP contribution is 2.60. The Balaban J connectivity index is 0.000000722. The molecule has 1 aliphatic heterocycles. The third-order valence-electron chi connectivity index (χ3n) is 5.82. The number of hydrogen-bond donors (Lipinski definition) is 1. The summed E-state index contributed by atoms with van der Waals surface area (Å²) in [4.78, 5) is 0. The molecule has 0 unspecified atom stereocenters. The van der Waals surface area contributed by atoms with Crippen molar-refractivity contribution in [1.29, 1.82) is 0 Å². The minimum absolute atomic E-state index is 0. The first-order valence-electron chi connectivity index (χ1n) is 6.62. The normalized spacial score (nSPS) is 56.0. The number of nitrogens with one attached hydrogen (secondary N) is 1. The van der Waals surface area contributed by atoms with Gasteiger partial charge >= 0.3 is 0 Å². The predicted octanol–water partition coefficient (Wildman–Crippen LogP) is 2.99. The van der Waals surface area contributed by atoms with Crippen molar-refractivity contribution >= 4 is 12.4 Å². The molecule has 86 valence electrons. The van der Waals surface area contributed by atoms with Crippen LogP contribution in [-0.2, 0) is 0 Å². The Labute approximate surface area is 98.8 Å². The van der Waals surface area contributed by atoms with Gasteiger partial charge in [-0.2, -0.15) is 0 Å². The summed E-state index contributed by atoms with van der Waals surface area (Å²) in [7, 11) is 0. The lowest BCUT2D eigenvalue weighted by molar-refractivity contribution is -0.0649. The molecule has 5 aliphatic rings. The highest BCUT2D eigenvalue weighted by atomic mass is 35.5. The maximum atomic E-state index is 3.92. The third kappa shape index (κ3) is 1.26. The SMILES string of the molecule is C1CNC2(C1)C1CC3CC(C1)CC2C3.Cl. The van der Waals surface area contributed by atoms with Crippen molar-refractivity contribution in [3.05, 3.63) is 0 Å². The molecule has 4 saturated carbocycles. The second-order valence-corrected chi connectivity index (χ2v) is 6.38. The number of rotatable bonds is 0. The van der Waals surface area contributed by atoms with E-state index in [0.717, 1.165) is 23.7 Å². The zero-order valence-corrected chi connectivity index (χ0v) is 10.2. The molecule has 15 heavy (non-hydrogen) atoms. The van der Waals surface area contributed by atoms with Crippen molar-refractivity contribution < 1.29 is 0 Å². The zero-order chi connectivity index (χ0) is 9.17. The number of halogens is 1. The molecule has 0 amide bonds. The van der Waals surface area contributed by atoms with Crippen LogP contribution in [0.4, 0.5) is 0 Å². The minimum Gasteiger partial charge on any atom is -0.311 e. The monoisotopic (exact) mass is 227 g/mol. The second-order valence-electron chi connectivity index (χ2n) is 6.38. The fourth-order valence-corrected chi connectivity index (χ4v) is 5.51. The van der Waals surface area contributed by atoms with Gasteiger partial charge in [0, 0.05) is 5.54 Å². The van der Waals surface area contributed by atoms with Gasteiger partial charge < -0.3 is 5.32 Å². The fraction of sp³-hybridized carbons (Fsp3) is 1.00. The van der Waals surface area contributed by atoms with Crippen LogP contribution in [0.2, 0.25) is 0 Å². The lowest BCUT2D eigenvalue weighted by Crippen LogP contribution is -2.62. The van der Waals surface area contributed by atoms with E-state index in [9.17, 15) is 0 Å². The Morgan fingerprint density at radius 1 is 0.867 bits per heavy atom. The molecule has 2 heteroatoms. The molecule has 1 saturated heterocycles. The Morgan fingerprint density at radius 3 is 1.93 bits per heavy atom. The van der Waals surface area contributed by atoms with Crippen LogP contribution >= 0.6 is 12.4 Å². The summed E-state index contributed by atoms with van der Waals surface area (Å²) in [5, 5.41) is 3.92. The van der Waals surface area contributed by atoms with Gasteiger partial charge in [0.1, 0.15) is 0 Å². The van der Waals surface area contributed by atoms with Crippen LogP contribution in [0.15, 0.2) is 0 Å². The van der Waals surface area contributed by atoms with E-state index in [1.807, 2.05) is 0 Å². The molecule has 1 spiro atoms. The molecular formula is C13H22ClN. The molecule has 4 aliphatic carbocycles. The van der Waals surface area contributed by atoms with E-state index in [0.29, 0.717) is 5.54 Å². The molecule has 1 nitrogen and oxygen atoms in total. The average Bonchev–Trinajstić information content (AvgIpc) is 2.63.